The standard InChI is InChI=1S/C15H15Cl2N5O3/c1-9-8-18-3-5-20(9)15(23)13-2-4-21(19-13)14-11(16)6-10(22(24)25)7-12(14)17/h2,4,6-7,9,18H,3,5,8H2,1H3/t9-/m0/s1. The topological polar surface area (TPSA) is 93.3 Å². The number of carbonyl (C=O) groups excluding carboxylic acids is 1. The molecular weight excluding hydrogens is 369 g/mol. The van der Waals surface area contributed by atoms with Gasteiger partial charge in [-0.05, 0) is 13.0 Å². The van der Waals surface area contributed by atoms with Crippen molar-refractivity contribution < 1.29 is 9.72 Å². The summed E-state index contributed by atoms with van der Waals surface area (Å²) in [7, 11) is 0. The van der Waals surface area contributed by atoms with Crippen molar-refractivity contribution >= 4 is 34.8 Å². The van der Waals surface area contributed by atoms with Gasteiger partial charge in [0.15, 0.2) is 5.69 Å². The molecule has 2 heterocycles. The van der Waals surface area contributed by atoms with E-state index in [0.717, 1.165) is 13.1 Å². The third-order valence-electron chi connectivity index (χ3n) is 4.01. The van der Waals surface area contributed by atoms with Gasteiger partial charge in [-0.2, -0.15) is 5.10 Å². The number of nitro groups is 1. The van der Waals surface area contributed by atoms with Crippen LogP contribution in [0.5, 0.6) is 0 Å². The largest absolute Gasteiger partial charge is 0.332 e. The second kappa shape index (κ2) is 6.99. The molecule has 3 rings (SSSR count). The lowest BCUT2D eigenvalue weighted by Crippen LogP contribution is -2.52. The molecule has 25 heavy (non-hydrogen) atoms. The maximum Gasteiger partial charge on any atom is 0.274 e. The van der Waals surface area contributed by atoms with E-state index >= 15 is 0 Å². The molecule has 0 spiro atoms. The van der Waals surface area contributed by atoms with Gasteiger partial charge in [0.25, 0.3) is 11.6 Å². The van der Waals surface area contributed by atoms with E-state index in [1.54, 1.807) is 17.2 Å². The van der Waals surface area contributed by atoms with Crippen molar-refractivity contribution in [2.45, 2.75) is 13.0 Å². The molecule has 1 N–H and O–H groups in total. The van der Waals surface area contributed by atoms with Crippen LogP contribution in [0.3, 0.4) is 0 Å². The number of non-ortho nitro benzene ring substituents is 1. The summed E-state index contributed by atoms with van der Waals surface area (Å²) in [5.74, 6) is -0.179. The fourth-order valence-corrected chi connectivity index (χ4v) is 3.38. The first-order valence-corrected chi connectivity index (χ1v) is 8.35. The third-order valence-corrected chi connectivity index (χ3v) is 4.59. The number of carbonyl (C=O) groups is 1. The lowest BCUT2D eigenvalue weighted by molar-refractivity contribution is -0.384. The number of nitrogens with one attached hydrogen (secondary N) is 1. The van der Waals surface area contributed by atoms with E-state index in [9.17, 15) is 14.9 Å². The van der Waals surface area contributed by atoms with E-state index < -0.39 is 4.92 Å². The van der Waals surface area contributed by atoms with Crippen molar-refractivity contribution in [2.75, 3.05) is 19.6 Å². The van der Waals surface area contributed by atoms with Crippen LogP contribution in [0.1, 0.15) is 17.4 Å². The number of halogens is 2. The number of aromatic nitrogens is 2. The van der Waals surface area contributed by atoms with Gasteiger partial charge in [-0.25, -0.2) is 4.68 Å². The monoisotopic (exact) mass is 383 g/mol. The van der Waals surface area contributed by atoms with Crippen molar-refractivity contribution in [3.05, 3.63) is 50.2 Å². The van der Waals surface area contributed by atoms with Crippen molar-refractivity contribution in [2.24, 2.45) is 0 Å². The molecule has 2 aromatic rings. The molecule has 0 bridgehead atoms. The lowest BCUT2D eigenvalue weighted by Gasteiger charge is -2.33. The van der Waals surface area contributed by atoms with E-state index in [0.29, 0.717) is 12.2 Å². The summed E-state index contributed by atoms with van der Waals surface area (Å²) in [4.78, 5) is 24.7. The predicted octanol–water partition coefficient (Wildman–Crippen LogP) is 2.52. The van der Waals surface area contributed by atoms with Gasteiger partial charge >= 0.3 is 0 Å². The van der Waals surface area contributed by atoms with Crippen LogP contribution in [-0.2, 0) is 0 Å². The van der Waals surface area contributed by atoms with Crippen LogP contribution in [0.15, 0.2) is 24.4 Å². The number of benzene rings is 1. The van der Waals surface area contributed by atoms with E-state index in [4.69, 9.17) is 23.2 Å². The van der Waals surface area contributed by atoms with Gasteiger partial charge < -0.3 is 10.2 Å². The van der Waals surface area contributed by atoms with Gasteiger partial charge in [0.2, 0.25) is 0 Å². The predicted molar refractivity (Wildman–Crippen MR) is 93.6 cm³/mol. The Balaban J connectivity index is 1.91. The molecule has 1 saturated heterocycles. The van der Waals surface area contributed by atoms with E-state index in [2.05, 4.69) is 10.4 Å². The SMILES string of the molecule is C[C@H]1CNCCN1C(=O)c1ccn(-c2c(Cl)cc([N+](=O)[O-])cc2Cl)n1. The fraction of sp³-hybridized carbons (Fsp3) is 0.333. The van der Waals surface area contributed by atoms with Crippen molar-refractivity contribution in [3.8, 4) is 5.69 Å². The van der Waals surface area contributed by atoms with Crippen LogP contribution in [0.4, 0.5) is 5.69 Å². The Labute approximate surface area is 153 Å². The molecule has 10 heteroatoms. The Bertz CT molecular complexity index is 815. The van der Waals surface area contributed by atoms with Crippen LogP contribution in [-0.4, -0.2) is 51.2 Å². The Morgan fingerprint density at radius 3 is 2.68 bits per heavy atom. The highest BCUT2D eigenvalue weighted by atomic mass is 35.5. The molecule has 0 aliphatic carbocycles. The summed E-state index contributed by atoms with van der Waals surface area (Å²) in [6.07, 6.45) is 1.55. The van der Waals surface area contributed by atoms with Crippen LogP contribution < -0.4 is 5.32 Å². The summed E-state index contributed by atoms with van der Waals surface area (Å²) in [6.45, 7) is 4.03. The summed E-state index contributed by atoms with van der Waals surface area (Å²) >= 11 is 12.2. The zero-order valence-electron chi connectivity index (χ0n) is 13.3. The minimum absolute atomic E-state index is 0.0675. The van der Waals surface area contributed by atoms with Crippen molar-refractivity contribution in [1.82, 2.24) is 20.0 Å². The van der Waals surface area contributed by atoms with Gasteiger partial charge in [0.05, 0.1) is 15.0 Å². The number of hydrogen-bond donors (Lipinski definition) is 1. The quantitative estimate of drug-likeness (QED) is 0.649. The molecule has 1 aromatic heterocycles. The zero-order chi connectivity index (χ0) is 18.1. The van der Waals surface area contributed by atoms with Gasteiger partial charge in [0.1, 0.15) is 5.69 Å². The molecule has 0 saturated carbocycles. The van der Waals surface area contributed by atoms with E-state index in [1.165, 1.54) is 16.8 Å². The molecule has 1 amide bonds. The summed E-state index contributed by atoms with van der Waals surface area (Å²) in [5.41, 5.74) is 0.345. The van der Waals surface area contributed by atoms with Gasteiger partial charge in [-0.3, -0.25) is 14.9 Å². The van der Waals surface area contributed by atoms with Crippen LogP contribution in [0.2, 0.25) is 10.0 Å². The average molecular weight is 384 g/mol. The molecule has 0 unspecified atom stereocenters. The Kier molecular flexibility index (Phi) is 4.94. The number of nitrogens with zero attached hydrogens (tertiary/aromatic N) is 4. The summed E-state index contributed by atoms with van der Waals surface area (Å²) < 4.78 is 1.36. The third kappa shape index (κ3) is 3.46. The first-order valence-electron chi connectivity index (χ1n) is 7.59. The second-order valence-corrected chi connectivity index (χ2v) is 6.53. The van der Waals surface area contributed by atoms with E-state index in [-0.39, 0.29) is 33.4 Å². The van der Waals surface area contributed by atoms with Crippen molar-refractivity contribution in [3.63, 3.8) is 0 Å². The van der Waals surface area contributed by atoms with Gasteiger partial charge in [-0.15, -0.1) is 0 Å². The van der Waals surface area contributed by atoms with E-state index in [1.807, 2.05) is 6.92 Å². The maximum atomic E-state index is 12.6. The number of piperazine rings is 1. The molecule has 132 valence electrons. The number of amides is 1. The molecule has 1 fully saturated rings. The fourth-order valence-electron chi connectivity index (χ4n) is 2.73. The van der Waals surface area contributed by atoms with Crippen LogP contribution in [0, 0.1) is 10.1 Å². The second-order valence-electron chi connectivity index (χ2n) is 5.71. The molecule has 1 aliphatic heterocycles. The molecule has 1 aliphatic rings. The Morgan fingerprint density at radius 1 is 1.40 bits per heavy atom. The van der Waals surface area contributed by atoms with Crippen molar-refractivity contribution in [1.29, 1.82) is 0 Å². The first kappa shape index (κ1) is 17.7. The molecular formula is C15H15Cl2N5O3. The van der Waals surface area contributed by atoms with Crippen LogP contribution in [0.25, 0.3) is 5.69 Å². The Hall–Kier alpha value is -2.16. The van der Waals surface area contributed by atoms with Gasteiger partial charge in [-0.1, -0.05) is 23.2 Å². The summed E-state index contributed by atoms with van der Waals surface area (Å²) in [5, 5.41) is 18.5. The molecule has 8 nitrogen and oxygen atoms in total. The molecule has 1 aromatic carbocycles. The smallest absolute Gasteiger partial charge is 0.274 e. The molecule has 0 radical (unpaired) electrons. The normalized spacial score (nSPS) is 17.6. The van der Waals surface area contributed by atoms with Gasteiger partial charge in [0, 0.05) is 44.0 Å². The number of rotatable bonds is 3. The van der Waals surface area contributed by atoms with Crippen LogP contribution >= 0.6 is 23.2 Å². The highest BCUT2D eigenvalue weighted by Crippen LogP contribution is 2.33. The average Bonchev–Trinajstić information content (AvgIpc) is 3.03. The summed E-state index contributed by atoms with van der Waals surface area (Å²) in [6, 6.07) is 4.04. The minimum atomic E-state index is -0.578. The Morgan fingerprint density at radius 2 is 2.08 bits per heavy atom. The first-order chi connectivity index (χ1) is 11.9. The highest BCUT2D eigenvalue weighted by Gasteiger charge is 2.26. The lowest BCUT2D eigenvalue weighted by atomic mass is 10.2. The maximum absolute atomic E-state index is 12.6. The number of hydrogen-bond acceptors (Lipinski definition) is 5. The zero-order valence-corrected chi connectivity index (χ0v) is 14.8. The minimum Gasteiger partial charge on any atom is -0.332 e. The number of nitro benzene ring substituents is 1. The highest BCUT2D eigenvalue weighted by molar-refractivity contribution is 6.38. The molecule has 1 atom stereocenters.